The zero-order chi connectivity index (χ0) is 12.1. The van der Waals surface area contributed by atoms with Crippen LogP contribution >= 0.6 is 0 Å². The number of oxime groups is 1. The highest BCUT2D eigenvalue weighted by atomic mass is 19.1. The highest BCUT2D eigenvalue weighted by molar-refractivity contribution is 5.81. The smallest absolute Gasteiger partial charge is 0.153 e. The predicted octanol–water partition coefficient (Wildman–Crippen LogP) is 1.31. The molecule has 0 spiro atoms. The highest BCUT2D eigenvalue weighted by Crippen LogP contribution is 2.11. The number of likely N-dealkylation sites (N-methyl/N-ethyl adjacent to an activating group) is 1. The Morgan fingerprint density at radius 1 is 1.56 bits per heavy atom. The van der Waals surface area contributed by atoms with Crippen molar-refractivity contribution >= 4 is 5.84 Å². The Kier molecular flexibility index (Phi) is 4.25. The summed E-state index contributed by atoms with van der Waals surface area (Å²) in [6, 6.07) is 4.67. The zero-order valence-electron chi connectivity index (χ0n) is 9.44. The summed E-state index contributed by atoms with van der Waals surface area (Å²) in [6.45, 7) is 2.82. The summed E-state index contributed by atoms with van der Waals surface area (Å²) in [6.07, 6.45) is 0. The van der Waals surface area contributed by atoms with Gasteiger partial charge in [-0.3, -0.25) is 4.90 Å². The van der Waals surface area contributed by atoms with Crippen LogP contribution in [0.5, 0.6) is 0 Å². The van der Waals surface area contributed by atoms with Crippen LogP contribution in [0.4, 0.5) is 4.39 Å². The molecule has 1 aromatic rings. The first-order valence-electron chi connectivity index (χ1n) is 4.93. The van der Waals surface area contributed by atoms with Crippen LogP contribution in [0, 0.1) is 12.7 Å². The topological polar surface area (TPSA) is 61.8 Å². The van der Waals surface area contributed by atoms with Gasteiger partial charge in [0.15, 0.2) is 5.84 Å². The predicted molar refractivity (Wildman–Crippen MR) is 60.9 cm³/mol. The summed E-state index contributed by atoms with van der Waals surface area (Å²) in [5.41, 5.74) is 7.30. The van der Waals surface area contributed by atoms with Crippen molar-refractivity contribution in [3.63, 3.8) is 0 Å². The van der Waals surface area contributed by atoms with Crippen LogP contribution in [-0.4, -0.2) is 29.5 Å². The summed E-state index contributed by atoms with van der Waals surface area (Å²) in [7, 11) is 1.82. The van der Waals surface area contributed by atoms with E-state index >= 15 is 0 Å². The van der Waals surface area contributed by atoms with Gasteiger partial charge < -0.3 is 10.9 Å². The maximum atomic E-state index is 13.0. The molecule has 0 fully saturated rings. The van der Waals surface area contributed by atoms with E-state index in [4.69, 9.17) is 10.9 Å². The van der Waals surface area contributed by atoms with Crippen molar-refractivity contribution in [1.82, 2.24) is 4.90 Å². The summed E-state index contributed by atoms with van der Waals surface area (Å²) >= 11 is 0. The van der Waals surface area contributed by atoms with Crippen LogP contribution in [-0.2, 0) is 6.54 Å². The van der Waals surface area contributed by atoms with Gasteiger partial charge >= 0.3 is 0 Å². The van der Waals surface area contributed by atoms with Crippen molar-refractivity contribution in [2.24, 2.45) is 10.9 Å². The Morgan fingerprint density at radius 3 is 2.88 bits per heavy atom. The molecule has 0 saturated carbocycles. The van der Waals surface area contributed by atoms with Gasteiger partial charge in [-0.2, -0.15) is 0 Å². The number of aryl methyl sites for hydroxylation is 1. The number of rotatable bonds is 4. The molecule has 16 heavy (non-hydrogen) atoms. The first-order chi connectivity index (χ1) is 7.52. The Balaban J connectivity index is 2.69. The van der Waals surface area contributed by atoms with Crippen LogP contribution in [0.25, 0.3) is 0 Å². The average Bonchev–Trinajstić information content (AvgIpc) is 2.23. The molecule has 1 rings (SSSR count). The molecule has 0 saturated heterocycles. The van der Waals surface area contributed by atoms with Crippen LogP contribution in [0.1, 0.15) is 11.1 Å². The van der Waals surface area contributed by atoms with Crippen LogP contribution in [0.3, 0.4) is 0 Å². The SMILES string of the molecule is Cc1ccc(F)cc1CN(C)C/C(N)=N/O. The molecule has 0 bridgehead atoms. The number of halogens is 1. The quantitative estimate of drug-likeness (QED) is 0.351. The van der Waals surface area contributed by atoms with E-state index < -0.39 is 0 Å². The van der Waals surface area contributed by atoms with E-state index in [1.807, 2.05) is 18.9 Å². The van der Waals surface area contributed by atoms with Crippen LogP contribution in [0.2, 0.25) is 0 Å². The molecule has 0 heterocycles. The molecule has 5 heteroatoms. The van der Waals surface area contributed by atoms with Crippen molar-refractivity contribution in [3.05, 3.63) is 35.1 Å². The van der Waals surface area contributed by atoms with E-state index in [9.17, 15) is 4.39 Å². The fraction of sp³-hybridized carbons (Fsp3) is 0.364. The van der Waals surface area contributed by atoms with Gasteiger partial charge in [-0.25, -0.2) is 4.39 Å². The third-order valence-electron chi connectivity index (χ3n) is 2.31. The molecular weight excluding hydrogens is 209 g/mol. The lowest BCUT2D eigenvalue weighted by molar-refractivity contribution is 0.308. The van der Waals surface area contributed by atoms with Crippen LogP contribution in [0.15, 0.2) is 23.4 Å². The fourth-order valence-corrected chi connectivity index (χ4v) is 1.47. The van der Waals surface area contributed by atoms with Gasteiger partial charge in [-0.15, -0.1) is 0 Å². The average molecular weight is 225 g/mol. The molecule has 0 radical (unpaired) electrons. The van der Waals surface area contributed by atoms with Gasteiger partial charge in [0.25, 0.3) is 0 Å². The Morgan fingerprint density at radius 2 is 2.25 bits per heavy atom. The normalized spacial score (nSPS) is 12.1. The van der Waals surface area contributed by atoms with E-state index in [0.717, 1.165) is 11.1 Å². The number of amidine groups is 1. The molecule has 0 amide bonds. The van der Waals surface area contributed by atoms with E-state index in [-0.39, 0.29) is 11.7 Å². The Labute approximate surface area is 94.2 Å². The van der Waals surface area contributed by atoms with Crippen molar-refractivity contribution in [1.29, 1.82) is 0 Å². The number of benzene rings is 1. The summed E-state index contributed by atoms with van der Waals surface area (Å²) < 4.78 is 13.0. The zero-order valence-corrected chi connectivity index (χ0v) is 9.44. The van der Waals surface area contributed by atoms with Crippen molar-refractivity contribution < 1.29 is 9.60 Å². The first-order valence-corrected chi connectivity index (χ1v) is 4.93. The largest absolute Gasteiger partial charge is 0.409 e. The van der Waals surface area contributed by atoms with Crippen molar-refractivity contribution in [2.75, 3.05) is 13.6 Å². The minimum absolute atomic E-state index is 0.136. The van der Waals surface area contributed by atoms with Gasteiger partial charge in [-0.05, 0) is 37.2 Å². The molecular formula is C11H16FN3O. The molecule has 0 aromatic heterocycles. The van der Waals surface area contributed by atoms with Gasteiger partial charge in [-0.1, -0.05) is 11.2 Å². The lowest BCUT2D eigenvalue weighted by Crippen LogP contribution is -2.30. The van der Waals surface area contributed by atoms with Crippen molar-refractivity contribution in [2.45, 2.75) is 13.5 Å². The molecule has 4 nitrogen and oxygen atoms in total. The van der Waals surface area contributed by atoms with E-state index in [2.05, 4.69) is 5.16 Å². The van der Waals surface area contributed by atoms with E-state index in [0.29, 0.717) is 13.1 Å². The lowest BCUT2D eigenvalue weighted by atomic mass is 10.1. The molecule has 0 unspecified atom stereocenters. The van der Waals surface area contributed by atoms with Crippen LogP contribution < -0.4 is 5.73 Å². The van der Waals surface area contributed by atoms with Gasteiger partial charge in [0.05, 0.1) is 6.54 Å². The number of hydrogen-bond donors (Lipinski definition) is 2. The summed E-state index contributed by atoms with van der Waals surface area (Å²) in [5, 5.41) is 11.3. The highest BCUT2D eigenvalue weighted by Gasteiger charge is 2.06. The molecule has 88 valence electrons. The summed E-state index contributed by atoms with van der Waals surface area (Å²) in [5.74, 6) is -0.116. The third kappa shape index (κ3) is 3.51. The Bertz CT molecular complexity index is 393. The van der Waals surface area contributed by atoms with Gasteiger partial charge in [0.2, 0.25) is 0 Å². The lowest BCUT2D eigenvalue weighted by Gasteiger charge is -2.17. The molecule has 0 atom stereocenters. The maximum Gasteiger partial charge on any atom is 0.153 e. The second kappa shape index (κ2) is 5.46. The van der Waals surface area contributed by atoms with Crippen molar-refractivity contribution in [3.8, 4) is 0 Å². The first kappa shape index (κ1) is 12.4. The van der Waals surface area contributed by atoms with E-state index in [1.54, 1.807) is 6.07 Å². The fourth-order valence-electron chi connectivity index (χ4n) is 1.47. The maximum absolute atomic E-state index is 13.0. The monoisotopic (exact) mass is 225 g/mol. The molecule has 0 aliphatic heterocycles. The van der Waals surface area contributed by atoms with E-state index in [1.165, 1.54) is 12.1 Å². The standard InChI is InChI=1S/C11H16FN3O/c1-8-3-4-10(12)5-9(8)6-15(2)7-11(13)14-16/h3-5,16H,6-7H2,1-2H3,(H2,13,14). The van der Waals surface area contributed by atoms with Gasteiger partial charge in [0.1, 0.15) is 5.82 Å². The number of hydrogen-bond acceptors (Lipinski definition) is 3. The minimum atomic E-state index is -0.252. The molecule has 0 aliphatic rings. The second-order valence-electron chi connectivity index (χ2n) is 3.83. The summed E-state index contributed by atoms with van der Waals surface area (Å²) in [4.78, 5) is 1.84. The third-order valence-corrected chi connectivity index (χ3v) is 2.31. The molecule has 3 N–H and O–H groups in total. The minimum Gasteiger partial charge on any atom is -0.409 e. The number of nitrogens with two attached hydrogens (primary N) is 1. The number of nitrogens with zero attached hydrogens (tertiary/aromatic N) is 2. The second-order valence-corrected chi connectivity index (χ2v) is 3.83. The molecule has 1 aromatic carbocycles. The van der Waals surface area contributed by atoms with Gasteiger partial charge in [0, 0.05) is 6.54 Å². The molecule has 0 aliphatic carbocycles. The Hall–Kier alpha value is -1.62.